The van der Waals surface area contributed by atoms with Crippen LogP contribution in [0.25, 0.3) is 0 Å². The van der Waals surface area contributed by atoms with E-state index in [-0.39, 0.29) is 6.04 Å². The second-order valence-corrected chi connectivity index (χ2v) is 3.44. The smallest absolute Gasteiger partial charge is 0.276 e. The molecule has 4 nitrogen and oxygen atoms in total. The van der Waals surface area contributed by atoms with Crippen LogP contribution in [0.3, 0.4) is 0 Å². The van der Waals surface area contributed by atoms with E-state index >= 15 is 0 Å². The third-order valence-electron chi connectivity index (χ3n) is 1.44. The number of rotatable bonds is 4. The molecule has 1 atom stereocenters. The standard InChI is InChI=1S/C7H13N3OS/c1-5(8)3-4-6-9-10-7(11-6)12-2/h5H,3-4,8H2,1-2H3. The predicted molar refractivity (Wildman–Crippen MR) is 48.0 cm³/mol. The Labute approximate surface area is 75.9 Å². The number of nitrogens with zero attached hydrogens (tertiary/aromatic N) is 2. The monoisotopic (exact) mass is 187 g/mol. The molecule has 0 aliphatic rings. The molecule has 1 aromatic rings. The molecule has 12 heavy (non-hydrogen) atoms. The maximum absolute atomic E-state index is 5.58. The fourth-order valence-corrected chi connectivity index (χ4v) is 1.07. The molecule has 1 aromatic heterocycles. The van der Waals surface area contributed by atoms with E-state index in [0.29, 0.717) is 11.1 Å². The van der Waals surface area contributed by atoms with Crippen molar-refractivity contribution in [2.24, 2.45) is 5.73 Å². The lowest BCUT2D eigenvalue weighted by Crippen LogP contribution is -2.15. The average molecular weight is 187 g/mol. The first-order valence-corrected chi connectivity index (χ1v) is 5.07. The Morgan fingerprint density at radius 2 is 2.33 bits per heavy atom. The third-order valence-corrected chi connectivity index (χ3v) is 1.95. The topological polar surface area (TPSA) is 64.9 Å². The zero-order valence-corrected chi connectivity index (χ0v) is 8.10. The fourth-order valence-electron chi connectivity index (χ4n) is 0.773. The Morgan fingerprint density at radius 3 is 2.83 bits per heavy atom. The van der Waals surface area contributed by atoms with Gasteiger partial charge in [-0.25, -0.2) is 0 Å². The van der Waals surface area contributed by atoms with Crippen molar-refractivity contribution in [3.8, 4) is 0 Å². The molecule has 0 amide bonds. The maximum atomic E-state index is 5.58. The quantitative estimate of drug-likeness (QED) is 0.714. The van der Waals surface area contributed by atoms with Gasteiger partial charge in [0.05, 0.1) is 0 Å². The van der Waals surface area contributed by atoms with Gasteiger partial charge in [0.2, 0.25) is 5.89 Å². The van der Waals surface area contributed by atoms with Crippen LogP contribution in [0.4, 0.5) is 0 Å². The summed E-state index contributed by atoms with van der Waals surface area (Å²) in [6, 6.07) is 0.189. The molecular formula is C7H13N3OS. The molecule has 0 aliphatic heterocycles. The summed E-state index contributed by atoms with van der Waals surface area (Å²) in [5.74, 6) is 0.677. The highest BCUT2D eigenvalue weighted by molar-refractivity contribution is 7.98. The van der Waals surface area contributed by atoms with E-state index in [1.807, 2.05) is 13.2 Å². The highest BCUT2D eigenvalue weighted by atomic mass is 32.2. The number of hydrogen-bond acceptors (Lipinski definition) is 5. The van der Waals surface area contributed by atoms with Crippen molar-refractivity contribution >= 4 is 11.8 Å². The SMILES string of the molecule is CSc1nnc(CCC(C)N)o1. The Balaban J connectivity index is 2.41. The number of aromatic nitrogens is 2. The number of hydrogen-bond donors (Lipinski definition) is 1. The minimum atomic E-state index is 0.189. The van der Waals surface area contributed by atoms with Crippen molar-refractivity contribution in [1.29, 1.82) is 0 Å². The van der Waals surface area contributed by atoms with Crippen LogP contribution in [0.15, 0.2) is 9.64 Å². The molecule has 0 saturated heterocycles. The molecule has 0 bridgehead atoms. The van der Waals surface area contributed by atoms with Crippen molar-refractivity contribution in [2.75, 3.05) is 6.26 Å². The molecule has 0 aliphatic carbocycles. The van der Waals surface area contributed by atoms with E-state index in [9.17, 15) is 0 Å². The molecule has 0 fully saturated rings. The van der Waals surface area contributed by atoms with Gasteiger partial charge in [-0.15, -0.1) is 10.2 Å². The first-order valence-electron chi connectivity index (χ1n) is 3.84. The minimum absolute atomic E-state index is 0.189. The molecule has 0 aromatic carbocycles. The Bertz CT molecular complexity index is 236. The van der Waals surface area contributed by atoms with Crippen LogP contribution in [-0.4, -0.2) is 22.5 Å². The molecule has 2 N–H and O–H groups in total. The average Bonchev–Trinajstić information content (AvgIpc) is 2.48. The zero-order chi connectivity index (χ0) is 8.97. The van der Waals surface area contributed by atoms with Crippen molar-refractivity contribution < 1.29 is 4.42 Å². The van der Waals surface area contributed by atoms with Gasteiger partial charge in [-0.05, 0) is 19.6 Å². The van der Waals surface area contributed by atoms with Crippen LogP contribution < -0.4 is 5.73 Å². The first-order chi connectivity index (χ1) is 5.72. The van der Waals surface area contributed by atoms with Gasteiger partial charge in [0, 0.05) is 12.5 Å². The largest absolute Gasteiger partial charge is 0.416 e. The second-order valence-electron chi connectivity index (χ2n) is 2.68. The minimum Gasteiger partial charge on any atom is -0.416 e. The van der Waals surface area contributed by atoms with Crippen molar-refractivity contribution in [3.05, 3.63) is 5.89 Å². The Kier molecular flexibility index (Phi) is 3.55. The van der Waals surface area contributed by atoms with Gasteiger partial charge >= 0.3 is 0 Å². The van der Waals surface area contributed by atoms with E-state index in [2.05, 4.69) is 10.2 Å². The molecule has 0 saturated carbocycles. The molecule has 1 heterocycles. The summed E-state index contributed by atoms with van der Waals surface area (Å²) in [5, 5.41) is 8.30. The highest BCUT2D eigenvalue weighted by Gasteiger charge is 2.05. The van der Waals surface area contributed by atoms with Gasteiger partial charge in [0.15, 0.2) is 0 Å². The third kappa shape index (κ3) is 2.83. The van der Waals surface area contributed by atoms with Crippen LogP contribution in [0, 0.1) is 0 Å². The lowest BCUT2D eigenvalue weighted by atomic mass is 10.2. The van der Waals surface area contributed by atoms with Crippen LogP contribution in [0.5, 0.6) is 0 Å². The summed E-state index contributed by atoms with van der Waals surface area (Å²) in [6.07, 6.45) is 3.56. The summed E-state index contributed by atoms with van der Waals surface area (Å²) in [7, 11) is 0. The zero-order valence-electron chi connectivity index (χ0n) is 7.28. The molecule has 1 rings (SSSR count). The van der Waals surface area contributed by atoms with Gasteiger partial charge in [-0.1, -0.05) is 11.8 Å². The molecule has 68 valence electrons. The lowest BCUT2D eigenvalue weighted by Gasteiger charge is -1.99. The van der Waals surface area contributed by atoms with Crippen LogP contribution in [0.2, 0.25) is 0 Å². The van der Waals surface area contributed by atoms with E-state index in [0.717, 1.165) is 12.8 Å². The van der Waals surface area contributed by atoms with Crippen molar-refractivity contribution in [2.45, 2.75) is 31.0 Å². The summed E-state index contributed by atoms with van der Waals surface area (Å²) in [6.45, 7) is 1.96. The van der Waals surface area contributed by atoms with Gasteiger partial charge < -0.3 is 10.2 Å². The van der Waals surface area contributed by atoms with Gasteiger partial charge in [-0.2, -0.15) is 0 Å². The molecule has 5 heteroatoms. The van der Waals surface area contributed by atoms with Gasteiger partial charge in [0.25, 0.3) is 5.22 Å². The maximum Gasteiger partial charge on any atom is 0.276 e. The van der Waals surface area contributed by atoms with E-state index < -0.39 is 0 Å². The summed E-state index contributed by atoms with van der Waals surface area (Å²) in [5.41, 5.74) is 5.58. The summed E-state index contributed by atoms with van der Waals surface area (Å²) in [4.78, 5) is 0. The van der Waals surface area contributed by atoms with Crippen LogP contribution >= 0.6 is 11.8 Å². The second kappa shape index (κ2) is 4.47. The van der Waals surface area contributed by atoms with E-state index in [4.69, 9.17) is 10.2 Å². The van der Waals surface area contributed by atoms with E-state index in [1.165, 1.54) is 11.8 Å². The molecule has 0 spiro atoms. The van der Waals surface area contributed by atoms with E-state index in [1.54, 1.807) is 0 Å². The van der Waals surface area contributed by atoms with Gasteiger partial charge in [0.1, 0.15) is 0 Å². The normalized spacial score (nSPS) is 13.2. The summed E-state index contributed by atoms with van der Waals surface area (Å²) >= 11 is 1.45. The number of nitrogens with two attached hydrogens (primary N) is 1. The predicted octanol–water partition coefficient (Wildman–Crippen LogP) is 1.07. The number of thioether (sulfide) groups is 1. The van der Waals surface area contributed by atoms with Crippen LogP contribution in [-0.2, 0) is 6.42 Å². The summed E-state index contributed by atoms with van der Waals surface area (Å²) < 4.78 is 5.27. The number of aryl methyl sites for hydroxylation is 1. The fraction of sp³-hybridized carbons (Fsp3) is 0.714. The van der Waals surface area contributed by atoms with Gasteiger partial charge in [-0.3, -0.25) is 0 Å². The first kappa shape index (κ1) is 9.54. The molecule has 1 unspecified atom stereocenters. The molecular weight excluding hydrogens is 174 g/mol. The molecule has 0 radical (unpaired) electrons. The lowest BCUT2D eigenvalue weighted by molar-refractivity contribution is 0.405. The Morgan fingerprint density at radius 1 is 1.58 bits per heavy atom. The van der Waals surface area contributed by atoms with Crippen molar-refractivity contribution in [1.82, 2.24) is 10.2 Å². The van der Waals surface area contributed by atoms with Crippen LogP contribution in [0.1, 0.15) is 19.2 Å². The Hall–Kier alpha value is -0.550. The highest BCUT2D eigenvalue weighted by Crippen LogP contribution is 2.12. The van der Waals surface area contributed by atoms with Crippen molar-refractivity contribution in [3.63, 3.8) is 0 Å².